The van der Waals surface area contributed by atoms with Gasteiger partial charge in [0.15, 0.2) is 11.5 Å². The Morgan fingerprint density at radius 3 is 2.87 bits per heavy atom. The summed E-state index contributed by atoms with van der Waals surface area (Å²) in [4.78, 5) is 4.15. The summed E-state index contributed by atoms with van der Waals surface area (Å²) in [6.45, 7) is 3.70. The first kappa shape index (κ1) is 23.6. The molecule has 2 aromatic carbocycles. The Morgan fingerprint density at radius 1 is 1.13 bits per heavy atom. The van der Waals surface area contributed by atoms with Crippen LogP contribution in [-0.4, -0.2) is 54.6 Å². The molecule has 6 atom stereocenters. The molecule has 5 nitrogen and oxygen atoms in total. The van der Waals surface area contributed by atoms with Gasteiger partial charge in [-0.1, -0.05) is 24.3 Å². The Hall–Kier alpha value is -2.12. The molecular weight excluding hydrogens is 506 g/mol. The molecule has 0 amide bonds. The van der Waals surface area contributed by atoms with Gasteiger partial charge < -0.3 is 19.3 Å². The van der Waals surface area contributed by atoms with Crippen molar-refractivity contribution in [3.63, 3.8) is 0 Å². The summed E-state index contributed by atoms with van der Waals surface area (Å²) in [7, 11) is 1.89. The molecule has 5 aliphatic carbocycles. The van der Waals surface area contributed by atoms with Gasteiger partial charge in [0.05, 0.1) is 13.2 Å². The van der Waals surface area contributed by atoms with Gasteiger partial charge in [-0.15, -0.1) is 11.3 Å². The first-order chi connectivity index (χ1) is 19.1. The number of hydrogen-bond acceptors (Lipinski definition) is 6. The third-order valence-electron chi connectivity index (χ3n) is 11.8. The van der Waals surface area contributed by atoms with E-state index in [0.29, 0.717) is 25.0 Å². The van der Waals surface area contributed by atoms with Gasteiger partial charge in [-0.05, 0) is 86.6 Å². The molecule has 6 heteroatoms. The van der Waals surface area contributed by atoms with Gasteiger partial charge in [-0.2, -0.15) is 0 Å². The Bertz CT molecular complexity index is 1450. The molecule has 3 heterocycles. The van der Waals surface area contributed by atoms with Crippen molar-refractivity contribution in [3.8, 4) is 11.5 Å². The highest BCUT2D eigenvalue weighted by Crippen LogP contribution is 2.76. The minimum absolute atomic E-state index is 0.0663. The summed E-state index contributed by atoms with van der Waals surface area (Å²) >= 11 is 1.83. The van der Waals surface area contributed by atoms with E-state index in [9.17, 15) is 5.11 Å². The maximum atomic E-state index is 11.0. The Balaban J connectivity index is 1.10. The van der Waals surface area contributed by atoms with E-state index in [0.717, 1.165) is 43.9 Å². The number of methoxy groups -OCH3 is 1. The molecule has 1 aromatic heterocycles. The van der Waals surface area contributed by atoms with Crippen LogP contribution in [0.4, 0.5) is 0 Å². The summed E-state index contributed by atoms with van der Waals surface area (Å²) in [6.07, 6.45) is 8.19. The summed E-state index contributed by atoms with van der Waals surface area (Å²) < 4.78 is 21.4. The summed E-state index contributed by atoms with van der Waals surface area (Å²) in [5.74, 6) is 2.21. The van der Waals surface area contributed by atoms with E-state index in [4.69, 9.17) is 14.2 Å². The quantitative estimate of drug-likeness (QED) is 0.393. The minimum atomic E-state index is -0.398. The molecule has 3 aromatic rings. The number of benzene rings is 2. The van der Waals surface area contributed by atoms with E-state index in [2.05, 4.69) is 41.3 Å². The Kier molecular flexibility index (Phi) is 4.83. The normalized spacial score (nSPS) is 37.7. The molecule has 204 valence electrons. The van der Waals surface area contributed by atoms with Crippen LogP contribution >= 0.6 is 11.3 Å². The Morgan fingerprint density at radius 2 is 2.03 bits per heavy atom. The van der Waals surface area contributed by atoms with E-state index in [1.54, 1.807) is 0 Å². The number of phenolic OH excluding ortho intramolecular Hbond substituents is 1. The van der Waals surface area contributed by atoms with Gasteiger partial charge in [0.25, 0.3) is 0 Å². The largest absolute Gasteiger partial charge is 0.504 e. The Labute approximate surface area is 234 Å². The zero-order chi connectivity index (χ0) is 26.0. The van der Waals surface area contributed by atoms with Crippen molar-refractivity contribution in [2.75, 3.05) is 26.8 Å². The molecule has 7 aliphatic rings. The molecule has 1 N–H and O–H groups in total. The van der Waals surface area contributed by atoms with Crippen LogP contribution in [0, 0.1) is 17.3 Å². The summed E-state index contributed by atoms with van der Waals surface area (Å²) in [5.41, 5.74) is 2.40. The van der Waals surface area contributed by atoms with Crippen molar-refractivity contribution in [2.24, 2.45) is 17.3 Å². The van der Waals surface area contributed by atoms with Crippen LogP contribution in [0.3, 0.4) is 0 Å². The van der Waals surface area contributed by atoms with Crippen molar-refractivity contribution in [1.82, 2.24) is 4.90 Å². The van der Waals surface area contributed by atoms with Crippen LogP contribution in [0.15, 0.2) is 42.5 Å². The molecule has 2 aliphatic heterocycles. The van der Waals surface area contributed by atoms with E-state index in [1.807, 2.05) is 24.5 Å². The lowest BCUT2D eigenvalue weighted by Gasteiger charge is -2.74. The predicted octanol–water partition coefficient (Wildman–Crippen LogP) is 6.05. The van der Waals surface area contributed by atoms with E-state index in [1.165, 1.54) is 51.9 Å². The summed E-state index contributed by atoms with van der Waals surface area (Å²) in [5, 5.41) is 12.3. The molecule has 1 saturated heterocycles. The van der Waals surface area contributed by atoms with Crippen LogP contribution < -0.4 is 4.74 Å². The lowest BCUT2D eigenvalue weighted by Crippen LogP contribution is -2.81. The lowest BCUT2D eigenvalue weighted by molar-refractivity contribution is -0.283. The van der Waals surface area contributed by atoms with E-state index in [-0.39, 0.29) is 22.9 Å². The first-order valence-electron chi connectivity index (χ1n) is 14.9. The molecular formula is C33H37NO4S. The third kappa shape index (κ3) is 2.91. The van der Waals surface area contributed by atoms with Crippen LogP contribution in [0.1, 0.15) is 54.5 Å². The van der Waals surface area contributed by atoms with Gasteiger partial charge in [0, 0.05) is 51.6 Å². The zero-order valence-corrected chi connectivity index (χ0v) is 23.5. The number of aromatic hydroxyl groups is 1. The number of rotatable bonds is 7. The number of fused-ring (bicyclic) bond motifs is 3. The van der Waals surface area contributed by atoms with Crippen molar-refractivity contribution in [3.05, 3.63) is 58.5 Å². The van der Waals surface area contributed by atoms with Crippen LogP contribution in [-0.2, 0) is 27.9 Å². The SMILES string of the molecule is COC12CC[C@@]3(C[C@H]1COCc1cc4ccccc4s1)[C@H]1Cc4ccc(O)c5c4[C@@]3(CCN1CC1CC1)[C@H]2O5. The standard InChI is InChI=1S/C33H37NO4S/c1-36-33-11-10-31(16-23(33)18-37-19-24-14-21-4-2-3-5-26(21)39-24)27-15-22-8-9-25(35)29-28(22)32(31,30(33)38-29)12-13-34(27)17-20-6-7-20/h2-5,8-9,14,20,23,27,30,35H,6-7,10-13,15-19H2,1H3/t23-,27+,30+,31+,32-,33?/m0/s1. The van der Waals surface area contributed by atoms with Gasteiger partial charge in [0.2, 0.25) is 0 Å². The van der Waals surface area contributed by atoms with Crippen molar-refractivity contribution in [2.45, 2.75) is 74.7 Å². The second kappa shape index (κ2) is 8.00. The van der Waals surface area contributed by atoms with Crippen molar-refractivity contribution >= 4 is 21.4 Å². The molecule has 4 bridgehead atoms. The number of likely N-dealkylation sites (tertiary alicyclic amines) is 1. The molecule has 4 saturated carbocycles. The maximum Gasteiger partial charge on any atom is 0.165 e. The molecule has 0 radical (unpaired) electrons. The second-order valence-electron chi connectivity index (χ2n) is 13.3. The van der Waals surface area contributed by atoms with Crippen LogP contribution in [0.5, 0.6) is 11.5 Å². The van der Waals surface area contributed by atoms with Gasteiger partial charge in [-0.3, -0.25) is 4.90 Å². The van der Waals surface area contributed by atoms with Gasteiger partial charge in [0.1, 0.15) is 11.7 Å². The highest BCUT2D eigenvalue weighted by molar-refractivity contribution is 7.19. The fourth-order valence-corrected chi connectivity index (χ4v) is 11.2. The fourth-order valence-electron chi connectivity index (χ4n) is 10.2. The highest BCUT2D eigenvalue weighted by atomic mass is 32.1. The zero-order valence-electron chi connectivity index (χ0n) is 22.7. The van der Waals surface area contributed by atoms with Gasteiger partial charge in [-0.25, -0.2) is 0 Å². The second-order valence-corrected chi connectivity index (χ2v) is 14.5. The maximum absolute atomic E-state index is 11.0. The van der Waals surface area contributed by atoms with E-state index >= 15 is 0 Å². The van der Waals surface area contributed by atoms with Crippen molar-refractivity contribution < 1.29 is 19.3 Å². The number of ether oxygens (including phenoxy) is 3. The van der Waals surface area contributed by atoms with Gasteiger partial charge >= 0.3 is 0 Å². The fraction of sp³-hybridized carbons (Fsp3) is 0.576. The van der Waals surface area contributed by atoms with Crippen LogP contribution in [0.25, 0.3) is 10.1 Å². The summed E-state index contributed by atoms with van der Waals surface area (Å²) in [6, 6.07) is 15.4. The molecule has 1 unspecified atom stereocenters. The minimum Gasteiger partial charge on any atom is -0.504 e. The average Bonchev–Trinajstić information content (AvgIpc) is 3.54. The number of thiophene rings is 1. The van der Waals surface area contributed by atoms with Crippen molar-refractivity contribution in [1.29, 1.82) is 0 Å². The molecule has 39 heavy (non-hydrogen) atoms. The smallest absolute Gasteiger partial charge is 0.165 e. The number of hydrogen-bond donors (Lipinski definition) is 1. The van der Waals surface area contributed by atoms with Crippen LogP contribution in [0.2, 0.25) is 0 Å². The first-order valence-corrected chi connectivity index (χ1v) is 15.8. The number of nitrogens with zero attached hydrogens (tertiary/aromatic N) is 1. The average molecular weight is 544 g/mol. The molecule has 5 fully saturated rings. The predicted molar refractivity (Wildman–Crippen MR) is 152 cm³/mol. The number of piperidine rings is 1. The third-order valence-corrected chi connectivity index (χ3v) is 12.9. The monoisotopic (exact) mass is 543 g/mol. The number of phenols is 1. The van der Waals surface area contributed by atoms with E-state index < -0.39 is 5.60 Å². The molecule has 2 spiro atoms. The topological polar surface area (TPSA) is 51.2 Å². The molecule has 10 rings (SSSR count). The highest BCUT2D eigenvalue weighted by Gasteiger charge is 2.80. The lowest BCUT2D eigenvalue weighted by atomic mass is 9.35.